The third-order valence-corrected chi connectivity index (χ3v) is 3.77. The fourth-order valence-corrected chi connectivity index (χ4v) is 2.41. The molecule has 0 aliphatic rings. The van der Waals surface area contributed by atoms with Crippen molar-refractivity contribution in [3.05, 3.63) is 77.9 Å². The normalized spacial score (nSPS) is 10.7. The summed E-state index contributed by atoms with van der Waals surface area (Å²) >= 11 is 0. The number of carbonyl (C=O) groups excluding carboxylic acids is 2. The molecule has 6 nitrogen and oxygen atoms in total. The molecule has 8 heteroatoms. The van der Waals surface area contributed by atoms with Gasteiger partial charge in [-0.15, -0.1) is 0 Å². The zero-order valence-corrected chi connectivity index (χ0v) is 14.2. The summed E-state index contributed by atoms with van der Waals surface area (Å²) in [6.07, 6.45) is 3.22. The number of aromatic nitrogens is 2. The number of halogens is 2. The number of alkyl halides is 2. The van der Waals surface area contributed by atoms with Crippen LogP contribution in [0.15, 0.2) is 60.9 Å². The lowest BCUT2D eigenvalue weighted by atomic mass is 10.1. The van der Waals surface area contributed by atoms with E-state index in [9.17, 15) is 18.4 Å². The van der Waals surface area contributed by atoms with Gasteiger partial charge in [0.15, 0.2) is 5.82 Å². The van der Waals surface area contributed by atoms with Crippen LogP contribution in [0.25, 0.3) is 0 Å². The number of aryl methyl sites for hydroxylation is 1. The SMILES string of the molecule is Cn1ccnc1C(=O)c1ccc(NC(=O)c2ccc(OC(F)F)cc2)cc1. The molecule has 1 heterocycles. The number of ether oxygens (including phenoxy) is 1. The van der Waals surface area contributed by atoms with Crippen LogP contribution in [0.4, 0.5) is 14.5 Å². The van der Waals surface area contributed by atoms with Crippen LogP contribution in [0.1, 0.15) is 26.5 Å². The monoisotopic (exact) mass is 371 g/mol. The lowest BCUT2D eigenvalue weighted by Crippen LogP contribution is -2.12. The van der Waals surface area contributed by atoms with E-state index in [2.05, 4.69) is 15.0 Å². The van der Waals surface area contributed by atoms with E-state index in [1.54, 1.807) is 48.3 Å². The molecule has 0 unspecified atom stereocenters. The van der Waals surface area contributed by atoms with Gasteiger partial charge in [0.2, 0.25) is 5.78 Å². The van der Waals surface area contributed by atoms with Gasteiger partial charge in [0, 0.05) is 36.3 Å². The summed E-state index contributed by atoms with van der Waals surface area (Å²) in [5, 5.41) is 2.67. The van der Waals surface area contributed by atoms with Gasteiger partial charge in [0.25, 0.3) is 5.91 Å². The fraction of sp³-hybridized carbons (Fsp3) is 0.105. The van der Waals surface area contributed by atoms with Crippen LogP contribution in [0, 0.1) is 0 Å². The van der Waals surface area contributed by atoms with Gasteiger partial charge in [0.1, 0.15) is 5.75 Å². The molecule has 0 bridgehead atoms. The van der Waals surface area contributed by atoms with Crippen LogP contribution in [0.2, 0.25) is 0 Å². The van der Waals surface area contributed by atoms with E-state index >= 15 is 0 Å². The van der Waals surface area contributed by atoms with Crippen LogP contribution in [-0.2, 0) is 7.05 Å². The first-order valence-corrected chi connectivity index (χ1v) is 7.92. The summed E-state index contributed by atoms with van der Waals surface area (Å²) in [5.74, 6) is -0.353. The van der Waals surface area contributed by atoms with Crippen LogP contribution >= 0.6 is 0 Å². The molecule has 1 amide bonds. The number of carbonyl (C=O) groups is 2. The number of imidazole rings is 1. The average molecular weight is 371 g/mol. The summed E-state index contributed by atoms with van der Waals surface area (Å²) < 4.78 is 30.1. The van der Waals surface area contributed by atoms with Gasteiger partial charge >= 0.3 is 6.61 Å². The summed E-state index contributed by atoms with van der Waals surface area (Å²) in [4.78, 5) is 28.6. The fourth-order valence-electron chi connectivity index (χ4n) is 2.41. The molecule has 3 rings (SSSR count). The number of nitrogens with zero attached hydrogens (tertiary/aromatic N) is 2. The standard InChI is InChI=1S/C19H15F2N3O3/c1-24-11-10-22-17(24)16(25)12-2-6-14(7-3-12)23-18(26)13-4-8-15(9-5-13)27-19(20)21/h2-11,19H,1H3,(H,23,26). The van der Waals surface area contributed by atoms with Crippen LogP contribution in [0.3, 0.4) is 0 Å². The number of hydrogen-bond acceptors (Lipinski definition) is 4. The molecule has 0 radical (unpaired) electrons. The molecule has 0 fully saturated rings. The van der Waals surface area contributed by atoms with Crippen molar-refractivity contribution in [2.75, 3.05) is 5.32 Å². The molecule has 0 spiro atoms. The quantitative estimate of drug-likeness (QED) is 0.673. The molecule has 0 atom stereocenters. The molecule has 1 aromatic heterocycles. The first kappa shape index (κ1) is 18.2. The maximum Gasteiger partial charge on any atom is 0.387 e. The second-order valence-electron chi connectivity index (χ2n) is 5.63. The van der Waals surface area contributed by atoms with E-state index in [-0.39, 0.29) is 17.1 Å². The molecule has 1 N–H and O–H groups in total. The lowest BCUT2D eigenvalue weighted by molar-refractivity contribution is -0.0498. The largest absolute Gasteiger partial charge is 0.435 e. The summed E-state index contributed by atoms with van der Waals surface area (Å²) in [7, 11) is 1.73. The molecule has 3 aromatic rings. The first-order valence-electron chi connectivity index (χ1n) is 7.92. The molecule has 0 aliphatic heterocycles. The Morgan fingerprint density at radius 3 is 2.22 bits per heavy atom. The zero-order valence-electron chi connectivity index (χ0n) is 14.2. The Hall–Kier alpha value is -3.55. The van der Waals surface area contributed by atoms with Gasteiger partial charge in [0.05, 0.1) is 0 Å². The molecule has 0 aliphatic carbocycles. The lowest BCUT2D eigenvalue weighted by Gasteiger charge is -2.08. The Kier molecular flexibility index (Phi) is 5.25. The number of anilines is 1. The summed E-state index contributed by atoms with van der Waals surface area (Å²) in [6, 6.07) is 11.7. The Morgan fingerprint density at radius 1 is 1.04 bits per heavy atom. The smallest absolute Gasteiger partial charge is 0.387 e. The van der Waals surface area contributed by atoms with Gasteiger partial charge < -0.3 is 14.6 Å². The van der Waals surface area contributed by atoms with Crippen molar-refractivity contribution in [1.82, 2.24) is 9.55 Å². The van der Waals surface area contributed by atoms with E-state index in [4.69, 9.17) is 0 Å². The van der Waals surface area contributed by atoms with Gasteiger partial charge in [-0.1, -0.05) is 0 Å². The third kappa shape index (κ3) is 4.35. The van der Waals surface area contributed by atoms with Crippen molar-refractivity contribution in [3.8, 4) is 5.75 Å². The molecule has 138 valence electrons. The molecule has 27 heavy (non-hydrogen) atoms. The van der Waals surface area contributed by atoms with E-state index in [0.29, 0.717) is 17.1 Å². The van der Waals surface area contributed by atoms with Gasteiger partial charge in [-0.3, -0.25) is 9.59 Å². The van der Waals surface area contributed by atoms with E-state index in [1.807, 2.05) is 0 Å². The average Bonchev–Trinajstić information content (AvgIpc) is 3.08. The van der Waals surface area contributed by atoms with Crippen LogP contribution in [0.5, 0.6) is 5.75 Å². The molecular formula is C19H15F2N3O3. The minimum absolute atomic E-state index is 0.0290. The molecule has 0 saturated heterocycles. The highest BCUT2D eigenvalue weighted by Gasteiger charge is 2.14. The van der Waals surface area contributed by atoms with Gasteiger partial charge in [-0.2, -0.15) is 8.78 Å². The predicted octanol–water partition coefficient (Wildman–Crippen LogP) is 3.50. The Morgan fingerprint density at radius 2 is 1.67 bits per heavy atom. The first-order chi connectivity index (χ1) is 12.9. The highest BCUT2D eigenvalue weighted by Crippen LogP contribution is 2.17. The number of hydrogen-bond donors (Lipinski definition) is 1. The Balaban J connectivity index is 1.66. The minimum Gasteiger partial charge on any atom is -0.435 e. The van der Waals surface area contributed by atoms with Crippen molar-refractivity contribution >= 4 is 17.4 Å². The van der Waals surface area contributed by atoms with Crippen molar-refractivity contribution in [3.63, 3.8) is 0 Å². The van der Waals surface area contributed by atoms with Crippen molar-refractivity contribution < 1.29 is 23.1 Å². The molecule has 2 aromatic carbocycles. The summed E-state index contributed by atoms with van der Waals surface area (Å²) in [5.41, 5.74) is 1.21. The number of amides is 1. The maximum atomic E-state index is 12.4. The Bertz CT molecular complexity index is 951. The number of benzene rings is 2. The molecule has 0 saturated carbocycles. The topological polar surface area (TPSA) is 73.2 Å². The maximum absolute atomic E-state index is 12.4. The second kappa shape index (κ2) is 7.77. The number of nitrogens with one attached hydrogen (secondary N) is 1. The highest BCUT2D eigenvalue weighted by atomic mass is 19.3. The van der Waals surface area contributed by atoms with Crippen molar-refractivity contribution in [2.24, 2.45) is 7.05 Å². The van der Waals surface area contributed by atoms with E-state index in [0.717, 1.165) is 0 Å². The number of rotatable bonds is 6. The van der Waals surface area contributed by atoms with Gasteiger partial charge in [-0.05, 0) is 48.5 Å². The third-order valence-electron chi connectivity index (χ3n) is 3.77. The zero-order chi connectivity index (χ0) is 19.4. The number of ketones is 1. The van der Waals surface area contributed by atoms with Gasteiger partial charge in [-0.25, -0.2) is 4.98 Å². The predicted molar refractivity (Wildman–Crippen MR) is 94.1 cm³/mol. The Labute approximate surface area is 153 Å². The minimum atomic E-state index is -2.92. The second-order valence-corrected chi connectivity index (χ2v) is 5.63. The van der Waals surface area contributed by atoms with Crippen molar-refractivity contribution in [2.45, 2.75) is 6.61 Å². The van der Waals surface area contributed by atoms with Crippen molar-refractivity contribution in [1.29, 1.82) is 0 Å². The van der Waals surface area contributed by atoms with Crippen LogP contribution in [-0.4, -0.2) is 27.9 Å². The van der Waals surface area contributed by atoms with E-state index < -0.39 is 12.5 Å². The molecular weight excluding hydrogens is 356 g/mol. The van der Waals surface area contributed by atoms with E-state index in [1.165, 1.54) is 24.3 Å². The van der Waals surface area contributed by atoms with Crippen LogP contribution < -0.4 is 10.1 Å². The highest BCUT2D eigenvalue weighted by molar-refractivity contribution is 6.07. The summed E-state index contributed by atoms with van der Waals surface area (Å²) in [6.45, 7) is -2.92.